The average molecular weight is 467 g/mol. The van der Waals surface area contributed by atoms with Crippen LogP contribution in [0.4, 0.5) is 0 Å². The Hall–Kier alpha value is -4.23. The lowest BCUT2D eigenvalue weighted by Crippen LogP contribution is -1.99. The van der Waals surface area contributed by atoms with Gasteiger partial charge in [0.1, 0.15) is 11.5 Å². The van der Waals surface area contributed by atoms with Crippen LogP contribution < -0.4 is 4.74 Å². The number of rotatable bonds is 6. The Labute approximate surface area is 201 Å². The van der Waals surface area contributed by atoms with Crippen molar-refractivity contribution in [1.29, 1.82) is 0 Å². The molecule has 1 N–H and O–H groups in total. The van der Waals surface area contributed by atoms with Crippen LogP contribution in [0.1, 0.15) is 18.3 Å². The molecule has 34 heavy (non-hydrogen) atoms. The van der Waals surface area contributed by atoms with Crippen molar-refractivity contribution in [1.82, 2.24) is 19.7 Å². The van der Waals surface area contributed by atoms with E-state index in [4.69, 9.17) is 19.8 Å². The Bertz CT molecular complexity index is 1450. The highest BCUT2D eigenvalue weighted by atomic mass is 32.1. The Balaban J connectivity index is 1.59. The molecule has 0 aliphatic rings. The number of benzene rings is 3. The summed E-state index contributed by atoms with van der Waals surface area (Å²) < 4.78 is 6.94. The van der Waals surface area contributed by atoms with Crippen LogP contribution in [-0.2, 0) is 0 Å². The van der Waals surface area contributed by atoms with Crippen molar-refractivity contribution in [2.75, 3.05) is 7.11 Å². The lowest BCUT2D eigenvalue weighted by atomic mass is 10.1. The maximum Gasteiger partial charge on any atom is 0.212 e. The Kier molecular flexibility index (Phi) is 5.93. The third kappa shape index (κ3) is 4.33. The molecule has 0 aliphatic carbocycles. The summed E-state index contributed by atoms with van der Waals surface area (Å²) in [6.07, 6.45) is 2.02. The van der Waals surface area contributed by atoms with Gasteiger partial charge in [-0.25, -0.2) is 9.97 Å². The minimum absolute atomic E-state index is 0.138. The number of hydrogen-bond donors (Lipinski definition) is 1. The molecule has 2 heterocycles. The molecule has 0 amide bonds. The number of allylic oxidation sites excluding steroid dienone is 1. The van der Waals surface area contributed by atoms with Gasteiger partial charge >= 0.3 is 0 Å². The van der Waals surface area contributed by atoms with Crippen LogP contribution in [0.5, 0.6) is 11.5 Å². The van der Waals surface area contributed by atoms with E-state index in [1.807, 2.05) is 85.1 Å². The van der Waals surface area contributed by atoms with Gasteiger partial charge in [-0.2, -0.15) is 4.68 Å². The molecule has 0 saturated carbocycles. The second-order valence-corrected chi connectivity index (χ2v) is 8.51. The fraction of sp³-hybridized carbons (Fsp3) is 0.0741. The smallest absolute Gasteiger partial charge is 0.212 e. The molecule has 0 bridgehead atoms. The van der Waals surface area contributed by atoms with Gasteiger partial charge in [0.15, 0.2) is 11.6 Å². The SMILES string of the molecule is COc1ccc(C=C(C)c2nc(-c3ccccc3O)n(-c3nc(-c4ccccc4)cs3)n2)cc1. The van der Waals surface area contributed by atoms with Gasteiger partial charge in [0.05, 0.1) is 18.4 Å². The highest BCUT2D eigenvalue weighted by Gasteiger charge is 2.19. The van der Waals surface area contributed by atoms with E-state index in [1.54, 1.807) is 23.9 Å². The van der Waals surface area contributed by atoms with Gasteiger partial charge in [0.25, 0.3) is 0 Å². The quantitative estimate of drug-likeness (QED) is 0.316. The van der Waals surface area contributed by atoms with Gasteiger partial charge in [-0.1, -0.05) is 54.6 Å². The van der Waals surface area contributed by atoms with Crippen molar-refractivity contribution >= 4 is 23.0 Å². The molecular weight excluding hydrogens is 444 g/mol. The third-order valence-electron chi connectivity index (χ3n) is 5.35. The van der Waals surface area contributed by atoms with E-state index in [0.29, 0.717) is 22.3 Å². The monoisotopic (exact) mass is 466 g/mol. The number of phenolic OH excluding ortho intramolecular Hbond substituents is 1. The van der Waals surface area contributed by atoms with Gasteiger partial charge < -0.3 is 9.84 Å². The zero-order valence-corrected chi connectivity index (χ0v) is 19.5. The molecule has 0 atom stereocenters. The third-order valence-corrected chi connectivity index (χ3v) is 6.16. The summed E-state index contributed by atoms with van der Waals surface area (Å²) in [7, 11) is 1.65. The molecule has 0 aliphatic heterocycles. The zero-order valence-electron chi connectivity index (χ0n) is 18.7. The van der Waals surface area contributed by atoms with E-state index in [9.17, 15) is 5.11 Å². The predicted molar refractivity (Wildman–Crippen MR) is 136 cm³/mol. The molecule has 0 unspecified atom stereocenters. The molecule has 2 aromatic heterocycles. The first-order valence-corrected chi connectivity index (χ1v) is 11.6. The first-order chi connectivity index (χ1) is 16.6. The van der Waals surface area contributed by atoms with Crippen LogP contribution in [0.15, 0.2) is 84.2 Å². The molecule has 0 radical (unpaired) electrons. The standard InChI is InChI=1S/C27H22N4O2S/c1-18(16-19-12-14-21(33-2)15-13-19)25-29-26(22-10-6-7-11-24(22)32)31(30-25)27-28-23(17-34-27)20-8-4-3-5-9-20/h3-17,32H,1-2H3. The summed E-state index contributed by atoms with van der Waals surface area (Å²) in [6.45, 7) is 1.97. The average Bonchev–Trinajstić information content (AvgIpc) is 3.53. The topological polar surface area (TPSA) is 73.1 Å². The fourth-order valence-corrected chi connectivity index (χ4v) is 4.35. The van der Waals surface area contributed by atoms with E-state index in [0.717, 1.165) is 28.1 Å². The van der Waals surface area contributed by atoms with E-state index < -0.39 is 0 Å². The number of thiazole rings is 1. The molecule has 3 aromatic carbocycles. The molecule has 0 saturated heterocycles. The summed E-state index contributed by atoms with van der Waals surface area (Å²) >= 11 is 1.48. The molecule has 6 nitrogen and oxygen atoms in total. The summed E-state index contributed by atoms with van der Waals surface area (Å²) in [5, 5.41) is 18.0. The molecule has 168 valence electrons. The van der Waals surface area contributed by atoms with Gasteiger partial charge in [0, 0.05) is 10.9 Å². The minimum Gasteiger partial charge on any atom is -0.507 e. The number of methoxy groups -OCH3 is 1. The van der Waals surface area contributed by atoms with E-state index in [1.165, 1.54) is 11.3 Å². The molecule has 5 aromatic rings. The fourth-order valence-electron chi connectivity index (χ4n) is 3.57. The predicted octanol–water partition coefficient (Wildman–Crippen LogP) is 6.33. The lowest BCUT2D eigenvalue weighted by Gasteiger charge is -2.04. The highest BCUT2D eigenvalue weighted by molar-refractivity contribution is 7.12. The second-order valence-electron chi connectivity index (χ2n) is 7.67. The number of phenols is 1. The van der Waals surface area contributed by atoms with E-state index >= 15 is 0 Å². The van der Waals surface area contributed by atoms with Crippen LogP contribution in [0.3, 0.4) is 0 Å². The molecule has 5 rings (SSSR count). The number of nitrogens with zero attached hydrogens (tertiary/aromatic N) is 4. The summed E-state index contributed by atoms with van der Waals surface area (Å²) in [5.74, 6) is 2.03. The second kappa shape index (κ2) is 9.33. The van der Waals surface area contributed by atoms with Gasteiger partial charge in [-0.05, 0) is 48.4 Å². The first kappa shape index (κ1) is 21.6. The van der Waals surface area contributed by atoms with Crippen molar-refractivity contribution in [3.8, 4) is 39.3 Å². The Morgan fingerprint density at radius 2 is 1.68 bits per heavy atom. The molecule has 7 heteroatoms. The van der Waals surface area contributed by atoms with Crippen LogP contribution in [-0.4, -0.2) is 32.0 Å². The normalized spacial score (nSPS) is 11.5. The number of aromatic hydroxyl groups is 1. The van der Waals surface area contributed by atoms with Crippen molar-refractivity contribution in [3.05, 3.63) is 95.6 Å². The van der Waals surface area contributed by atoms with Crippen LogP contribution >= 0.6 is 11.3 Å². The number of hydrogen-bond acceptors (Lipinski definition) is 6. The summed E-state index contributed by atoms with van der Waals surface area (Å²) in [6, 6.07) is 24.9. The number of ether oxygens (including phenoxy) is 1. The first-order valence-electron chi connectivity index (χ1n) is 10.7. The lowest BCUT2D eigenvalue weighted by molar-refractivity contribution is 0.415. The summed E-state index contributed by atoms with van der Waals surface area (Å²) in [4.78, 5) is 9.60. The molecule has 0 fully saturated rings. The molecule has 0 spiro atoms. The number of aromatic nitrogens is 4. The van der Waals surface area contributed by atoms with Gasteiger partial charge in [0.2, 0.25) is 5.13 Å². The Morgan fingerprint density at radius 1 is 0.941 bits per heavy atom. The van der Waals surface area contributed by atoms with Crippen molar-refractivity contribution < 1.29 is 9.84 Å². The van der Waals surface area contributed by atoms with Crippen molar-refractivity contribution in [2.24, 2.45) is 0 Å². The zero-order chi connectivity index (χ0) is 23.5. The largest absolute Gasteiger partial charge is 0.507 e. The van der Waals surface area contributed by atoms with Crippen molar-refractivity contribution in [2.45, 2.75) is 6.92 Å². The van der Waals surface area contributed by atoms with E-state index in [2.05, 4.69) is 0 Å². The van der Waals surface area contributed by atoms with E-state index in [-0.39, 0.29) is 5.75 Å². The summed E-state index contributed by atoms with van der Waals surface area (Å²) in [5.41, 5.74) is 4.39. The van der Waals surface area contributed by atoms with Crippen molar-refractivity contribution in [3.63, 3.8) is 0 Å². The maximum atomic E-state index is 10.5. The Morgan fingerprint density at radius 3 is 2.41 bits per heavy atom. The number of para-hydroxylation sites is 1. The van der Waals surface area contributed by atoms with Gasteiger partial charge in [-0.3, -0.25) is 0 Å². The van der Waals surface area contributed by atoms with Crippen LogP contribution in [0, 0.1) is 0 Å². The highest BCUT2D eigenvalue weighted by Crippen LogP contribution is 2.32. The molecular formula is C27H22N4O2S. The van der Waals surface area contributed by atoms with Crippen LogP contribution in [0.25, 0.3) is 39.4 Å². The minimum atomic E-state index is 0.138. The van der Waals surface area contributed by atoms with Gasteiger partial charge in [-0.15, -0.1) is 16.4 Å². The maximum absolute atomic E-state index is 10.5. The van der Waals surface area contributed by atoms with Crippen LogP contribution in [0.2, 0.25) is 0 Å².